The van der Waals surface area contributed by atoms with E-state index < -0.39 is 34.9 Å². The van der Waals surface area contributed by atoms with Crippen molar-refractivity contribution < 1.29 is 22.4 Å². The van der Waals surface area contributed by atoms with Crippen molar-refractivity contribution in [2.75, 3.05) is 16.8 Å². The summed E-state index contributed by atoms with van der Waals surface area (Å²) in [6, 6.07) is 0.502. The van der Waals surface area contributed by atoms with Crippen molar-refractivity contribution >= 4 is 27.5 Å². The first kappa shape index (κ1) is 13.3. The maximum absolute atomic E-state index is 13.5. The summed E-state index contributed by atoms with van der Waals surface area (Å²) in [5.41, 5.74) is -0.556. The number of carbonyl (C=O) groups is 1. The lowest BCUT2D eigenvalue weighted by molar-refractivity contribution is -0.117. The van der Waals surface area contributed by atoms with Crippen LogP contribution in [0.1, 0.15) is 6.42 Å². The molecule has 2 rings (SSSR count). The quantitative estimate of drug-likeness (QED) is 0.354. The van der Waals surface area contributed by atoms with Gasteiger partial charge in [0.25, 0.3) is 0 Å². The number of rotatable bonds is 2. The fraction of sp³-hybridized carbons (Fsp3) is 0.364. The summed E-state index contributed by atoms with van der Waals surface area (Å²) in [4.78, 5) is 12.5. The number of benzene rings is 1. The molecular weight excluding hydrogens is 318 g/mol. The highest BCUT2D eigenvalue weighted by Crippen LogP contribution is 2.31. The Labute approximate surface area is 109 Å². The van der Waals surface area contributed by atoms with Crippen molar-refractivity contribution in [3.05, 3.63) is 29.3 Å². The second-order valence-electron chi connectivity index (χ2n) is 4.05. The standard InChI is InChI=1S/C11H8BrF4NO/c12-3-5-1-8(18)17(4-5)7-2-6(13)9(14)11(16)10(7)15/h2,5H,1,3-4H2. The van der Waals surface area contributed by atoms with Crippen LogP contribution in [0.4, 0.5) is 23.2 Å². The molecule has 1 fully saturated rings. The first-order valence-electron chi connectivity index (χ1n) is 5.15. The molecule has 7 heteroatoms. The fourth-order valence-electron chi connectivity index (χ4n) is 1.87. The van der Waals surface area contributed by atoms with Gasteiger partial charge in [-0.2, -0.15) is 0 Å². The minimum atomic E-state index is -1.90. The normalized spacial score (nSPS) is 19.7. The van der Waals surface area contributed by atoms with Crippen molar-refractivity contribution in [2.45, 2.75) is 6.42 Å². The van der Waals surface area contributed by atoms with Crippen LogP contribution >= 0.6 is 15.9 Å². The highest BCUT2D eigenvalue weighted by atomic mass is 79.9. The molecular formula is C11H8BrF4NO. The van der Waals surface area contributed by atoms with Gasteiger partial charge in [0.05, 0.1) is 5.69 Å². The monoisotopic (exact) mass is 325 g/mol. The van der Waals surface area contributed by atoms with Gasteiger partial charge in [0.2, 0.25) is 5.91 Å². The third-order valence-electron chi connectivity index (χ3n) is 2.80. The Hall–Kier alpha value is -1.11. The lowest BCUT2D eigenvalue weighted by Crippen LogP contribution is -2.26. The van der Waals surface area contributed by atoms with Crippen LogP contribution in [0.2, 0.25) is 0 Å². The van der Waals surface area contributed by atoms with Gasteiger partial charge in [-0.3, -0.25) is 4.79 Å². The van der Waals surface area contributed by atoms with E-state index in [1.54, 1.807) is 0 Å². The summed E-state index contributed by atoms with van der Waals surface area (Å²) in [7, 11) is 0. The molecule has 1 amide bonds. The van der Waals surface area contributed by atoms with Crippen LogP contribution in [0.15, 0.2) is 6.07 Å². The molecule has 98 valence electrons. The largest absolute Gasteiger partial charge is 0.309 e. The summed E-state index contributed by atoms with van der Waals surface area (Å²) in [6.45, 7) is 0.144. The molecule has 1 unspecified atom stereocenters. The van der Waals surface area contributed by atoms with E-state index in [1.165, 1.54) is 0 Å². The SMILES string of the molecule is O=C1CC(CBr)CN1c1cc(F)c(F)c(F)c1F. The fourth-order valence-corrected chi connectivity index (χ4v) is 2.31. The van der Waals surface area contributed by atoms with E-state index in [0.29, 0.717) is 11.4 Å². The van der Waals surface area contributed by atoms with Crippen molar-refractivity contribution in [2.24, 2.45) is 5.92 Å². The van der Waals surface area contributed by atoms with Gasteiger partial charge in [-0.05, 0) is 5.92 Å². The van der Waals surface area contributed by atoms with Crippen molar-refractivity contribution in [1.29, 1.82) is 0 Å². The number of anilines is 1. The molecule has 1 aromatic rings. The molecule has 2 nitrogen and oxygen atoms in total. The Balaban J connectivity index is 2.43. The molecule has 0 N–H and O–H groups in total. The van der Waals surface area contributed by atoms with Gasteiger partial charge < -0.3 is 4.90 Å². The zero-order valence-corrected chi connectivity index (χ0v) is 10.6. The Morgan fingerprint density at radius 3 is 2.44 bits per heavy atom. The van der Waals surface area contributed by atoms with E-state index in [9.17, 15) is 22.4 Å². The Bertz CT molecular complexity index is 508. The molecule has 1 aromatic carbocycles. The second-order valence-corrected chi connectivity index (χ2v) is 4.70. The molecule has 1 heterocycles. The van der Waals surface area contributed by atoms with Crippen LogP contribution in [0.25, 0.3) is 0 Å². The molecule has 1 aliphatic rings. The van der Waals surface area contributed by atoms with Crippen LogP contribution in [0.3, 0.4) is 0 Å². The molecule has 18 heavy (non-hydrogen) atoms. The smallest absolute Gasteiger partial charge is 0.227 e. The topological polar surface area (TPSA) is 20.3 Å². The maximum Gasteiger partial charge on any atom is 0.227 e. The zero-order valence-electron chi connectivity index (χ0n) is 9.02. The van der Waals surface area contributed by atoms with Crippen molar-refractivity contribution in [3.63, 3.8) is 0 Å². The highest BCUT2D eigenvalue weighted by molar-refractivity contribution is 9.09. The predicted molar refractivity (Wildman–Crippen MR) is 60.5 cm³/mol. The summed E-state index contributed by atoms with van der Waals surface area (Å²) in [5, 5.41) is 0.517. The molecule has 1 aliphatic heterocycles. The Morgan fingerprint density at radius 2 is 1.89 bits per heavy atom. The first-order chi connectivity index (χ1) is 8.45. The zero-order chi connectivity index (χ0) is 13.4. The van der Waals surface area contributed by atoms with Crippen LogP contribution in [0.5, 0.6) is 0 Å². The summed E-state index contributed by atoms with van der Waals surface area (Å²) >= 11 is 3.18. The first-order valence-corrected chi connectivity index (χ1v) is 6.27. The number of amides is 1. The van der Waals surface area contributed by atoms with Gasteiger partial charge in [0.1, 0.15) is 0 Å². The molecule has 0 radical (unpaired) electrons. The Morgan fingerprint density at radius 1 is 1.22 bits per heavy atom. The maximum atomic E-state index is 13.5. The van der Waals surface area contributed by atoms with Gasteiger partial charge >= 0.3 is 0 Å². The predicted octanol–water partition coefficient (Wildman–Crippen LogP) is 2.99. The number of hydrogen-bond donors (Lipinski definition) is 0. The minimum Gasteiger partial charge on any atom is -0.309 e. The third kappa shape index (κ3) is 2.11. The van der Waals surface area contributed by atoms with Crippen molar-refractivity contribution in [3.8, 4) is 0 Å². The van der Waals surface area contributed by atoms with E-state index in [4.69, 9.17) is 0 Å². The highest BCUT2D eigenvalue weighted by Gasteiger charge is 2.33. The molecule has 0 aliphatic carbocycles. The van der Waals surface area contributed by atoms with Crippen LogP contribution < -0.4 is 4.90 Å². The van der Waals surface area contributed by atoms with Gasteiger partial charge in [0.15, 0.2) is 23.3 Å². The minimum absolute atomic E-state index is 0.0620. The summed E-state index contributed by atoms with van der Waals surface area (Å²) in [5.74, 6) is -7.34. The lowest BCUT2D eigenvalue weighted by atomic mass is 10.2. The van der Waals surface area contributed by atoms with Gasteiger partial charge in [-0.25, -0.2) is 17.6 Å². The molecule has 0 bridgehead atoms. The number of halogens is 5. The third-order valence-corrected chi connectivity index (χ3v) is 3.71. The van der Waals surface area contributed by atoms with E-state index in [1.807, 2.05) is 0 Å². The molecule has 1 atom stereocenters. The van der Waals surface area contributed by atoms with E-state index >= 15 is 0 Å². The van der Waals surface area contributed by atoms with Gasteiger partial charge in [-0.1, -0.05) is 15.9 Å². The average Bonchev–Trinajstić information content (AvgIpc) is 2.72. The van der Waals surface area contributed by atoms with E-state index in [2.05, 4.69) is 15.9 Å². The van der Waals surface area contributed by atoms with E-state index in [0.717, 1.165) is 4.90 Å². The Kier molecular flexibility index (Phi) is 3.61. The summed E-state index contributed by atoms with van der Waals surface area (Å²) < 4.78 is 52.4. The van der Waals surface area contributed by atoms with Gasteiger partial charge in [0, 0.05) is 24.4 Å². The molecule has 0 saturated carbocycles. The molecule has 1 saturated heterocycles. The summed E-state index contributed by atoms with van der Waals surface area (Å²) in [6.07, 6.45) is 0.158. The number of carbonyl (C=O) groups excluding carboxylic acids is 1. The molecule has 0 spiro atoms. The molecule has 0 aromatic heterocycles. The number of alkyl halides is 1. The van der Waals surface area contributed by atoms with Gasteiger partial charge in [-0.15, -0.1) is 0 Å². The number of hydrogen-bond acceptors (Lipinski definition) is 1. The van der Waals surface area contributed by atoms with Crippen molar-refractivity contribution in [1.82, 2.24) is 0 Å². The van der Waals surface area contributed by atoms with Crippen LogP contribution in [-0.2, 0) is 4.79 Å². The van der Waals surface area contributed by atoms with Crippen LogP contribution in [-0.4, -0.2) is 17.8 Å². The number of nitrogens with zero attached hydrogens (tertiary/aromatic N) is 1. The van der Waals surface area contributed by atoms with Crippen LogP contribution in [0, 0.1) is 29.2 Å². The second kappa shape index (κ2) is 4.87. The lowest BCUT2D eigenvalue weighted by Gasteiger charge is -2.17. The average molecular weight is 326 g/mol. The van der Waals surface area contributed by atoms with E-state index in [-0.39, 0.29) is 18.9 Å².